The first kappa shape index (κ1) is 52.1. The fourth-order valence-electron chi connectivity index (χ4n) is 5.74. The number of ether oxygens (including phenoxy) is 4. The van der Waals surface area contributed by atoms with Crippen molar-refractivity contribution in [1.82, 2.24) is 25.4 Å². The lowest BCUT2D eigenvalue weighted by atomic mass is 9.84. The Balaban J connectivity index is 1.56. The van der Waals surface area contributed by atoms with Crippen molar-refractivity contribution in [2.45, 2.75) is 124 Å². The smallest absolute Gasteiger partial charge is 0.418 e. The number of halogens is 1. The van der Waals surface area contributed by atoms with Gasteiger partial charge in [-0.1, -0.05) is 16.8 Å². The molecule has 0 aliphatic carbocycles. The lowest BCUT2D eigenvalue weighted by molar-refractivity contribution is -0.753. The van der Waals surface area contributed by atoms with E-state index in [-0.39, 0.29) is 16.6 Å². The van der Waals surface area contributed by atoms with Crippen molar-refractivity contribution in [3.05, 3.63) is 46.7 Å². The summed E-state index contributed by atoms with van der Waals surface area (Å²) in [5.74, 6) is -2.82. The van der Waals surface area contributed by atoms with Crippen LogP contribution in [-0.4, -0.2) is 111 Å². The Labute approximate surface area is 385 Å². The molecule has 4 amide bonds. The lowest BCUT2D eigenvalue weighted by Crippen LogP contribution is -2.76. The molecule has 0 bridgehead atoms. The number of hydrogen-bond donors (Lipinski definition) is 4. The average Bonchev–Trinajstić information content (AvgIpc) is 3.75. The first-order valence-electron chi connectivity index (χ1n) is 20.0. The number of thiazole rings is 1. The molecule has 25 heteroatoms. The van der Waals surface area contributed by atoms with E-state index in [0.29, 0.717) is 35.2 Å². The molecule has 0 spiro atoms. The molecule has 358 valence electrons. The summed E-state index contributed by atoms with van der Waals surface area (Å²) in [6.07, 6.45) is 1.45. The van der Waals surface area contributed by atoms with Gasteiger partial charge in [0.1, 0.15) is 40.9 Å². The van der Waals surface area contributed by atoms with Crippen molar-refractivity contribution >= 4 is 74.2 Å². The van der Waals surface area contributed by atoms with E-state index in [1.54, 1.807) is 74.4 Å². The molecule has 2 atom stereocenters. The molecule has 0 saturated carbocycles. The van der Waals surface area contributed by atoms with Crippen LogP contribution in [0.1, 0.15) is 88.3 Å². The molecular weight excluding hydrogens is 916 g/mol. The number of β-lactam (4-membered cyclic amide) rings is 1. The van der Waals surface area contributed by atoms with Crippen molar-refractivity contribution in [2.24, 2.45) is 12.2 Å². The van der Waals surface area contributed by atoms with Crippen LogP contribution in [0.15, 0.2) is 41.1 Å². The Hall–Kier alpha value is -5.56. The SMILES string of the molecule is C[n+]1cc(-c2ccc(OC[C@H](O/N=C(\C(=O)N[C@@H]3C(=O)N(OS(=O)(=O)O)C3(C)C)c3csc(NC(=O)OC(C)(C)C)n3)C(=O)OC(C)(C)C)cc2Cl)cn1CCCNC(=O)OC(C)(C)C. The van der Waals surface area contributed by atoms with E-state index in [9.17, 15) is 32.4 Å². The van der Waals surface area contributed by atoms with Crippen LogP contribution in [0.3, 0.4) is 0 Å². The molecule has 4 rings (SSSR count). The number of benzene rings is 1. The van der Waals surface area contributed by atoms with E-state index in [2.05, 4.69) is 30.4 Å². The number of oxime groups is 1. The first-order chi connectivity index (χ1) is 29.8. The molecule has 0 radical (unpaired) electrons. The molecule has 4 N–H and O–H groups in total. The molecule has 1 fully saturated rings. The third kappa shape index (κ3) is 15.5. The zero-order valence-corrected chi connectivity index (χ0v) is 40.5. The highest BCUT2D eigenvalue weighted by atomic mass is 35.5. The van der Waals surface area contributed by atoms with Gasteiger partial charge in [-0.2, -0.15) is 18.2 Å². The molecule has 0 unspecified atom stereocenters. The fraction of sp³-hybridized carbons (Fsp3) is 0.550. The summed E-state index contributed by atoms with van der Waals surface area (Å²) in [6, 6.07) is 3.47. The number of aryl methyl sites for hydroxylation is 2. The summed E-state index contributed by atoms with van der Waals surface area (Å²) < 4.78 is 62.1. The third-order valence-electron chi connectivity index (χ3n) is 8.54. The van der Waals surface area contributed by atoms with Gasteiger partial charge in [0.25, 0.3) is 17.9 Å². The number of hydrogen-bond acceptors (Lipinski definition) is 16. The van der Waals surface area contributed by atoms with Crippen molar-refractivity contribution in [3.63, 3.8) is 0 Å². The van der Waals surface area contributed by atoms with E-state index < -0.39 is 87.2 Å². The quantitative estimate of drug-likeness (QED) is 0.0209. The maximum atomic E-state index is 13.9. The molecule has 1 aliphatic rings. The minimum atomic E-state index is -5.09. The number of aromatic nitrogens is 3. The highest BCUT2D eigenvalue weighted by molar-refractivity contribution is 7.80. The number of nitrogens with zero attached hydrogens (tertiary/aromatic N) is 5. The maximum absolute atomic E-state index is 13.9. The van der Waals surface area contributed by atoms with Crippen LogP contribution in [-0.2, 0) is 61.7 Å². The molecular formula is C40H56ClN8O14S2+. The number of alkyl carbamates (subject to hydrolysis) is 1. The second-order valence-electron chi connectivity index (χ2n) is 18.1. The zero-order valence-electron chi connectivity index (χ0n) is 38.1. The summed E-state index contributed by atoms with van der Waals surface area (Å²) in [4.78, 5) is 74.7. The monoisotopic (exact) mass is 971 g/mol. The number of hydroxylamine groups is 2. The van der Waals surface area contributed by atoms with Gasteiger partial charge in [-0.15, -0.1) is 20.3 Å². The van der Waals surface area contributed by atoms with Crippen LogP contribution in [0.5, 0.6) is 5.75 Å². The summed E-state index contributed by atoms with van der Waals surface area (Å²) in [6.45, 7) is 18.4. The van der Waals surface area contributed by atoms with Gasteiger partial charge in [-0.3, -0.25) is 19.5 Å². The van der Waals surface area contributed by atoms with Gasteiger partial charge in [-0.05, 0) is 101 Å². The Morgan fingerprint density at radius 3 is 2.23 bits per heavy atom. The molecule has 1 saturated heterocycles. The highest BCUT2D eigenvalue weighted by Gasteiger charge is 2.58. The van der Waals surface area contributed by atoms with Gasteiger partial charge < -0.3 is 34.4 Å². The molecule has 65 heavy (non-hydrogen) atoms. The summed E-state index contributed by atoms with van der Waals surface area (Å²) in [5, 5.41) is 13.6. The number of anilines is 1. The largest absolute Gasteiger partial charge is 0.489 e. The van der Waals surface area contributed by atoms with E-state index >= 15 is 0 Å². The van der Waals surface area contributed by atoms with Gasteiger partial charge in [0, 0.05) is 17.5 Å². The summed E-state index contributed by atoms with van der Waals surface area (Å²) in [7, 11) is -3.23. The number of carbonyl (C=O) groups is 5. The molecule has 1 aliphatic heterocycles. The van der Waals surface area contributed by atoms with Gasteiger partial charge in [0.15, 0.2) is 17.9 Å². The van der Waals surface area contributed by atoms with E-state index in [1.165, 1.54) is 25.3 Å². The second-order valence-corrected chi connectivity index (χ2v) is 20.4. The maximum Gasteiger partial charge on any atom is 0.418 e. The third-order valence-corrected chi connectivity index (χ3v) is 9.94. The first-order valence-corrected chi connectivity index (χ1v) is 22.6. The molecule has 3 aromatic rings. The minimum Gasteiger partial charge on any atom is -0.489 e. The van der Waals surface area contributed by atoms with E-state index in [0.717, 1.165) is 16.9 Å². The average molecular weight is 973 g/mol. The number of esters is 1. The zero-order chi connectivity index (χ0) is 48.9. The fourth-order valence-corrected chi connectivity index (χ4v) is 7.15. The molecule has 22 nitrogen and oxygen atoms in total. The molecule has 3 heterocycles. The highest BCUT2D eigenvalue weighted by Crippen LogP contribution is 2.34. The predicted octanol–water partition coefficient (Wildman–Crippen LogP) is 4.70. The topological polar surface area (TPSA) is 268 Å². The number of amides is 4. The van der Waals surface area contributed by atoms with Crippen LogP contribution in [0.4, 0.5) is 14.7 Å². The number of rotatable bonds is 17. The predicted molar refractivity (Wildman–Crippen MR) is 235 cm³/mol. The van der Waals surface area contributed by atoms with Crippen molar-refractivity contribution in [2.75, 3.05) is 18.5 Å². The number of carbonyl (C=O) groups excluding carboxylic acids is 5. The van der Waals surface area contributed by atoms with Crippen LogP contribution in [0.25, 0.3) is 11.1 Å². The van der Waals surface area contributed by atoms with Gasteiger partial charge in [-0.25, -0.2) is 19.4 Å². The Morgan fingerprint density at radius 2 is 1.65 bits per heavy atom. The van der Waals surface area contributed by atoms with Crippen LogP contribution >= 0.6 is 22.9 Å². The lowest BCUT2D eigenvalue weighted by Gasteiger charge is -2.50. The normalized spacial score (nSPS) is 15.9. The van der Waals surface area contributed by atoms with E-state index in [4.69, 9.17) is 39.9 Å². The van der Waals surface area contributed by atoms with Crippen molar-refractivity contribution in [1.29, 1.82) is 0 Å². The number of nitrogens with one attached hydrogen (secondary N) is 3. The summed E-state index contributed by atoms with van der Waals surface area (Å²) >= 11 is 7.62. The Morgan fingerprint density at radius 1 is 1.02 bits per heavy atom. The summed E-state index contributed by atoms with van der Waals surface area (Å²) in [5.41, 5.74) is -3.26. The minimum absolute atomic E-state index is 0.0206. The van der Waals surface area contributed by atoms with E-state index in [1.807, 2.05) is 28.8 Å². The van der Waals surface area contributed by atoms with Crippen molar-refractivity contribution in [3.8, 4) is 16.9 Å². The van der Waals surface area contributed by atoms with Crippen LogP contribution in [0.2, 0.25) is 5.02 Å². The standard InChI is InChI=1S/C40H55ClN8O14S2/c1-37(2,3)59-33(52)28(21-58-24-14-15-25(26(41)18-24)23-19-47(12)48(20-23)17-13-16-42-35(53)60-38(4,5)6)62-46-29(27-22-64-34(43-27)45-36(54)61-39(7,8)9)31(50)44-30-32(51)49(40(30,10)11)63-65(55,56)57/h14-15,18-20,22,28,30H,13,16-17,21H2,1-12H3,(H3-,42,43,44,45,50,53,54,55,56,57)/p+1/b46-29-/t28-,30+/m0/s1. The second kappa shape index (κ2) is 20.3. The van der Waals surface area contributed by atoms with Gasteiger partial charge in [0.05, 0.1) is 28.9 Å². The van der Waals surface area contributed by atoms with Crippen LogP contribution < -0.4 is 25.4 Å². The van der Waals surface area contributed by atoms with Crippen LogP contribution in [0, 0.1) is 0 Å². The Bertz CT molecular complexity index is 2400. The Kier molecular flexibility index (Phi) is 16.3. The van der Waals surface area contributed by atoms with Gasteiger partial charge >= 0.3 is 28.6 Å². The molecule has 1 aromatic carbocycles. The molecule has 2 aromatic heterocycles. The van der Waals surface area contributed by atoms with Crippen molar-refractivity contribution < 1.29 is 69.7 Å². The van der Waals surface area contributed by atoms with Gasteiger partial charge in [0.2, 0.25) is 6.20 Å².